The van der Waals surface area contributed by atoms with Crippen molar-refractivity contribution in [3.05, 3.63) is 11.5 Å². The number of halogens is 3. The van der Waals surface area contributed by atoms with Gasteiger partial charge in [0.1, 0.15) is 0 Å². The summed E-state index contributed by atoms with van der Waals surface area (Å²) < 4.78 is 36.9. The maximum Gasteiger partial charge on any atom is 0.505 e. The molecule has 0 aromatic rings. The van der Waals surface area contributed by atoms with Gasteiger partial charge in [0.2, 0.25) is 0 Å². The second kappa shape index (κ2) is 2.89. The lowest BCUT2D eigenvalue weighted by atomic mass is 9.65. The molecule has 74 valence electrons. The number of allylic oxidation sites excluding steroid dienone is 2. The predicted octanol–water partition coefficient (Wildman–Crippen LogP) is 2.69. The van der Waals surface area contributed by atoms with Crippen LogP contribution in [0, 0.1) is 5.41 Å². The van der Waals surface area contributed by atoms with E-state index < -0.39 is 23.6 Å². The standard InChI is InChI=1S/C8H11BF3O/c1-8(2)4-6(9(10,11)12)3-7(13)5-8/h3H,4-5H2,1-2H3/q-1. The highest BCUT2D eigenvalue weighted by Crippen LogP contribution is 2.38. The highest BCUT2D eigenvalue weighted by atomic mass is 19.4. The molecule has 1 nitrogen and oxygen atoms in total. The number of carbonyl (C=O) groups is 1. The van der Waals surface area contributed by atoms with Crippen molar-refractivity contribution in [3.8, 4) is 0 Å². The fourth-order valence-electron chi connectivity index (χ4n) is 1.61. The van der Waals surface area contributed by atoms with Gasteiger partial charge in [-0.25, -0.2) is 0 Å². The number of hydrogen-bond donors (Lipinski definition) is 0. The minimum atomic E-state index is -4.98. The van der Waals surface area contributed by atoms with E-state index >= 15 is 0 Å². The Morgan fingerprint density at radius 2 is 1.85 bits per heavy atom. The lowest BCUT2D eigenvalue weighted by Crippen LogP contribution is -2.30. The first kappa shape index (κ1) is 10.3. The molecule has 0 amide bonds. The fraction of sp³-hybridized carbons (Fsp3) is 0.625. The van der Waals surface area contributed by atoms with E-state index in [9.17, 15) is 17.7 Å². The Hall–Kier alpha value is -0.735. The van der Waals surface area contributed by atoms with Crippen molar-refractivity contribution in [1.82, 2.24) is 0 Å². The summed E-state index contributed by atoms with van der Waals surface area (Å²) in [4.78, 5) is 11.0. The molecule has 0 radical (unpaired) electrons. The van der Waals surface area contributed by atoms with Crippen molar-refractivity contribution >= 4 is 12.8 Å². The van der Waals surface area contributed by atoms with E-state index in [4.69, 9.17) is 0 Å². The van der Waals surface area contributed by atoms with E-state index in [0.29, 0.717) is 0 Å². The normalized spacial score (nSPS) is 22.8. The Kier molecular flexibility index (Phi) is 2.30. The third-order valence-corrected chi connectivity index (χ3v) is 2.10. The van der Waals surface area contributed by atoms with Crippen molar-refractivity contribution < 1.29 is 17.7 Å². The Labute approximate surface area is 75.1 Å². The summed E-state index contributed by atoms with van der Waals surface area (Å²) in [5.74, 6) is -0.412. The zero-order chi connectivity index (χ0) is 10.3. The van der Waals surface area contributed by atoms with Gasteiger partial charge in [0.15, 0.2) is 5.78 Å². The topological polar surface area (TPSA) is 17.1 Å². The molecule has 0 fully saturated rings. The molecule has 0 saturated carbocycles. The molecule has 0 aromatic carbocycles. The summed E-state index contributed by atoms with van der Waals surface area (Å²) in [5.41, 5.74) is -1.18. The summed E-state index contributed by atoms with van der Waals surface area (Å²) in [6.45, 7) is -1.62. The second-order valence-corrected chi connectivity index (χ2v) is 4.28. The lowest BCUT2D eigenvalue weighted by molar-refractivity contribution is -0.117. The summed E-state index contributed by atoms with van der Waals surface area (Å²) in [6, 6.07) is 0. The van der Waals surface area contributed by atoms with Crippen LogP contribution in [0.5, 0.6) is 0 Å². The van der Waals surface area contributed by atoms with E-state index in [1.54, 1.807) is 13.8 Å². The Bertz CT molecular complexity index is 265. The summed E-state index contributed by atoms with van der Waals surface area (Å²) in [5, 5.41) is 0. The first-order valence-corrected chi connectivity index (χ1v) is 4.14. The maximum atomic E-state index is 12.3. The van der Waals surface area contributed by atoms with Gasteiger partial charge in [0.25, 0.3) is 0 Å². The minimum absolute atomic E-state index is 0.0394. The van der Waals surface area contributed by atoms with Crippen LogP contribution in [0.15, 0.2) is 11.5 Å². The predicted molar refractivity (Wildman–Crippen MR) is 45.2 cm³/mol. The SMILES string of the molecule is CC1(C)CC(=O)C=C([B-](F)(F)F)C1. The van der Waals surface area contributed by atoms with Gasteiger partial charge in [0, 0.05) is 6.42 Å². The van der Waals surface area contributed by atoms with Gasteiger partial charge in [-0.2, -0.15) is 0 Å². The first-order chi connectivity index (χ1) is 5.71. The number of rotatable bonds is 1. The van der Waals surface area contributed by atoms with Crippen LogP contribution in [0.2, 0.25) is 0 Å². The molecule has 0 saturated heterocycles. The molecule has 13 heavy (non-hydrogen) atoms. The van der Waals surface area contributed by atoms with Crippen molar-refractivity contribution in [2.45, 2.75) is 26.7 Å². The monoisotopic (exact) mass is 191 g/mol. The number of carbonyl (C=O) groups excluding carboxylic acids is 1. The molecule has 0 heterocycles. The van der Waals surface area contributed by atoms with Gasteiger partial charge >= 0.3 is 6.98 Å². The summed E-state index contributed by atoms with van der Waals surface area (Å²) in [6.07, 6.45) is 0.927. The lowest BCUT2D eigenvalue weighted by Gasteiger charge is -2.33. The Balaban J connectivity index is 2.94. The van der Waals surface area contributed by atoms with Crippen LogP contribution in [0.4, 0.5) is 12.9 Å². The van der Waals surface area contributed by atoms with Crippen molar-refractivity contribution in [2.75, 3.05) is 0 Å². The van der Waals surface area contributed by atoms with Crippen LogP contribution in [0.25, 0.3) is 0 Å². The fourth-order valence-corrected chi connectivity index (χ4v) is 1.61. The molecule has 0 bridgehead atoms. The molecular weight excluding hydrogens is 180 g/mol. The number of hydrogen-bond acceptors (Lipinski definition) is 1. The van der Waals surface area contributed by atoms with Gasteiger partial charge in [-0.1, -0.05) is 20.3 Å². The van der Waals surface area contributed by atoms with Crippen LogP contribution in [-0.4, -0.2) is 12.8 Å². The smallest absolute Gasteiger partial charge is 0.445 e. The van der Waals surface area contributed by atoms with Gasteiger partial charge in [-0.15, -0.1) is 5.47 Å². The molecular formula is C8H11BF3O-. The van der Waals surface area contributed by atoms with Crippen LogP contribution in [0.1, 0.15) is 26.7 Å². The molecule has 0 aromatic heterocycles. The Morgan fingerprint density at radius 1 is 1.31 bits per heavy atom. The average molecular weight is 191 g/mol. The van der Waals surface area contributed by atoms with Gasteiger partial charge in [-0.3, -0.25) is 4.79 Å². The minimum Gasteiger partial charge on any atom is -0.445 e. The third-order valence-electron chi connectivity index (χ3n) is 2.10. The van der Waals surface area contributed by atoms with Gasteiger partial charge in [0.05, 0.1) is 0 Å². The molecule has 0 unspecified atom stereocenters. The average Bonchev–Trinajstić information content (AvgIpc) is 1.79. The molecule has 1 aliphatic rings. The van der Waals surface area contributed by atoms with Crippen LogP contribution in [-0.2, 0) is 4.79 Å². The molecule has 1 aliphatic carbocycles. The second-order valence-electron chi connectivity index (χ2n) is 4.28. The van der Waals surface area contributed by atoms with E-state index in [1.807, 2.05) is 0 Å². The molecule has 0 atom stereocenters. The molecule has 0 spiro atoms. The van der Waals surface area contributed by atoms with Crippen LogP contribution >= 0.6 is 0 Å². The summed E-state index contributed by atoms with van der Waals surface area (Å²) >= 11 is 0. The molecule has 0 N–H and O–H groups in total. The van der Waals surface area contributed by atoms with Crippen LogP contribution < -0.4 is 0 Å². The molecule has 0 aliphatic heterocycles. The summed E-state index contributed by atoms with van der Waals surface area (Å²) in [7, 11) is 0. The zero-order valence-corrected chi connectivity index (χ0v) is 7.61. The quantitative estimate of drug-likeness (QED) is 0.582. The third kappa shape index (κ3) is 2.61. The first-order valence-electron chi connectivity index (χ1n) is 4.14. The Morgan fingerprint density at radius 3 is 2.23 bits per heavy atom. The van der Waals surface area contributed by atoms with Gasteiger partial charge < -0.3 is 12.9 Å². The number of ketones is 1. The van der Waals surface area contributed by atoms with E-state index in [1.165, 1.54) is 0 Å². The molecule has 1 rings (SSSR count). The highest BCUT2D eigenvalue weighted by molar-refractivity contribution is 6.67. The van der Waals surface area contributed by atoms with Crippen molar-refractivity contribution in [1.29, 1.82) is 0 Å². The maximum absolute atomic E-state index is 12.3. The van der Waals surface area contributed by atoms with Gasteiger partial charge in [-0.05, 0) is 11.5 Å². The van der Waals surface area contributed by atoms with Crippen molar-refractivity contribution in [3.63, 3.8) is 0 Å². The van der Waals surface area contributed by atoms with E-state index in [2.05, 4.69) is 0 Å². The van der Waals surface area contributed by atoms with E-state index in [0.717, 1.165) is 6.08 Å². The van der Waals surface area contributed by atoms with E-state index in [-0.39, 0.29) is 12.8 Å². The van der Waals surface area contributed by atoms with Crippen molar-refractivity contribution in [2.24, 2.45) is 5.41 Å². The van der Waals surface area contributed by atoms with Crippen LogP contribution in [0.3, 0.4) is 0 Å². The zero-order valence-electron chi connectivity index (χ0n) is 7.61. The highest BCUT2D eigenvalue weighted by Gasteiger charge is 2.36. The largest absolute Gasteiger partial charge is 0.505 e. The molecule has 5 heteroatoms.